The lowest BCUT2D eigenvalue weighted by molar-refractivity contribution is -0.117. The number of para-hydroxylation sites is 1. The van der Waals surface area contributed by atoms with Crippen LogP contribution in [0.15, 0.2) is 30.3 Å². The van der Waals surface area contributed by atoms with E-state index in [-0.39, 0.29) is 5.91 Å². The molecule has 18 heavy (non-hydrogen) atoms. The molecule has 1 amide bonds. The third-order valence-corrected chi connectivity index (χ3v) is 3.18. The van der Waals surface area contributed by atoms with Gasteiger partial charge < -0.3 is 5.32 Å². The van der Waals surface area contributed by atoms with Crippen LogP contribution in [-0.2, 0) is 4.79 Å². The van der Waals surface area contributed by atoms with Gasteiger partial charge >= 0.3 is 0 Å². The summed E-state index contributed by atoms with van der Waals surface area (Å²) in [5.74, 6) is 0.927. The Labute approximate surface area is 109 Å². The number of rotatable bonds is 7. The number of benzene rings is 1. The maximum Gasteiger partial charge on any atom is 0.238 e. The Morgan fingerprint density at radius 3 is 2.67 bits per heavy atom. The van der Waals surface area contributed by atoms with Gasteiger partial charge in [0.15, 0.2) is 0 Å². The second kappa shape index (κ2) is 6.55. The molecule has 2 rings (SSSR count). The van der Waals surface area contributed by atoms with Crippen LogP contribution in [0, 0.1) is 5.92 Å². The van der Waals surface area contributed by atoms with Gasteiger partial charge in [0.1, 0.15) is 0 Å². The average molecular weight is 246 g/mol. The topological polar surface area (TPSA) is 32.3 Å². The summed E-state index contributed by atoms with van der Waals surface area (Å²) < 4.78 is 0. The quantitative estimate of drug-likeness (QED) is 0.802. The molecule has 1 aromatic rings. The van der Waals surface area contributed by atoms with Crippen LogP contribution in [0.25, 0.3) is 0 Å². The maximum atomic E-state index is 11.9. The van der Waals surface area contributed by atoms with Crippen molar-refractivity contribution in [1.82, 2.24) is 4.90 Å². The molecule has 1 aliphatic carbocycles. The molecule has 1 fully saturated rings. The first kappa shape index (κ1) is 13.1. The molecular formula is C15H22N2O. The van der Waals surface area contributed by atoms with Crippen molar-refractivity contribution < 1.29 is 4.79 Å². The molecule has 1 aliphatic rings. The molecule has 1 N–H and O–H groups in total. The molecule has 0 unspecified atom stereocenters. The van der Waals surface area contributed by atoms with Gasteiger partial charge in [-0.2, -0.15) is 0 Å². The van der Waals surface area contributed by atoms with Crippen LogP contribution in [-0.4, -0.2) is 30.4 Å². The SMILES string of the molecule is CCCN(CC(=O)Nc1ccccc1)CC1CC1. The highest BCUT2D eigenvalue weighted by Crippen LogP contribution is 2.29. The van der Waals surface area contributed by atoms with E-state index < -0.39 is 0 Å². The summed E-state index contributed by atoms with van der Waals surface area (Å²) in [6.07, 6.45) is 3.77. The average Bonchev–Trinajstić information content (AvgIpc) is 3.14. The van der Waals surface area contributed by atoms with Crippen LogP contribution >= 0.6 is 0 Å². The van der Waals surface area contributed by atoms with E-state index >= 15 is 0 Å². The lowest BCUT2D eigenvalue weighted by atomic mass is 10.3. The zero-order chi connectivity index (χ0) is 12.8. The minimum atomic E-state index is 0.0929. The van der Waals surface area contributed by atoms with E-state index in [1.165, 1.54) is 12.8 Å². The van der Waals surface area contributed by atoms with E-state index in [2.05, 4.69) is 17.1 Å². The lowest BCUT2D eigenvalue weighted by Gasteiger charge is -2.20. The molecule has 98 valence electrons. The molecule has 0 aliphatic heterocycles. The Bertz CT molecular complexity index is 373. The molecule has 0 atom stereocenters. The number of nitrogens with one attached hydrogen (secondary N) is 1. The van der Waals surface area contributed by atoms with Crippen molar-refractivity contribution in [2.24, 2.45) is 5.92 Å². The van der Waals surface area contributed by atoms with Gasteiger partial charge in [0.05, 0.1) is 6.54 Å². The van der Waals surface area contributed by atoms with Crippen LogP contribution in [0.2, 0.25) is 0 Å². The van der Waals surface area contributed by atoms with Gasteiger partial charge in [-0.25, -0.2) is 0 Å². The molecule has 3 heteroatoms. The number of amides is 1. The Morgan fingerprint density at radius 2 is 2.06 bits per heavy atom. The van der Waals surface area contributed by atoms with Crippen LogP contribution in [0.3, 0.4) is 0 Å². The van der Waals surface area contributed by atoms with E-state index in [1.807, 2.05) is 30.3 Å². The lowest BCUT2D eigenvalue weighted by Crippen LogP contribution is -2.35. The second-order valence-electron chi connectivity index (χ2n) is 5.09. The Balaban J connectivity index is 1.80. The number of hydrogen-bond donors (Lipinski definition) is 1. The predicted molar refractivity (Wildman–Crippen MR) is 74.5 cm³/mol. The zero-order valence-corrected chi connectivity index (χ0v) is 11.1. The molecule has 0 saturated heterocycles. The van der Waals surface area contributed by atoms with E-state index in [4.69, 9.17) is 0 Å². The fourth-order valence-electron chi connectivity index (χ4n) is 2.14. The number of hydrogen-bond acceptors (Lipinski definition) is 2. The van der Waals surface area contributed by atoms with E-state index in [0.717, 1.165) is 31.1 Å². The number of carbonyl (C=O) groups is 1. The zero-order valence-electron chi connectivity index (χ0n) is 11.1. The van der Waals surface area contributed by atoms with Crippen molar-refractivity contribution in [3.63, 3.8) is 0 Å². The van der Waals surface area contributed by atoms with Crippen LogP contribution < -0.4 is 5.32 Å². The summed E-state index contributed by atoms with van der Waals surface area (Å²) in [4.78, 5) is 14.2. The van der Waals surface area contributed by atoms with Crippen molar-refractivity contribution in [2.75, 3.05) is 25.0 Å². The van der Waals surface area contributed by atoms with Crippen molar-refractivity contribution in [3.8, 4) is 0 Å². The van der Waals surface area contributed by atoms with Crippen LogP contribution in [0.1, 0.15) is 26.2 Å². The van der Waals surface area contributed by atoms with Crippen molar-refractivity contribution in [3.05, 3.63) is 30.3 Å². The molecule has 1 aromatic carbocycles. The molecule has 3 nitrogen and oxygen atoms in total. The van der Waals surface area contributed by atoms with Gasteiger partial charge in [0.2, 0.25) is 5.91 Å². The normalized spacial score (nSPS) is 14.8. The summed E-state index contributed by atoms with van der Waals surface area (Å²) in [5.41, 5.74) is 0.880. The smallest absolute Gasteiger partial charge is 0.238 e. The second-order valence-corrected chi connectivity index (χ2v) is 5.09. The molecule has 0 bridgehead atoms. The summed E-state index contributed by atoms with van der Waals surface area (Å²) in [6, 6.07) is 9.66. The molecule has 0 radical (unpaired) electrons. The Hall–Kier alpha value is -1.35. The van der Waals surface area contributed by atoms with Gasteiger partial charge in [-0.15, -0.1) is 0 Å². The third-order valence-electron chi connectivity index (χ3n) is 3.18. The Morgan fingerprint density at radius 1 is 1.33 bits per heavy atom. The minimum Gasteiger partial charge on any atom is -0.325 e. The predicted octanol–water partition coefficient (Wildman–Crippen LogP) is 2.75. The molecule has 0 heterocycles. The first-order valence-corrected chi connectivity index (χ1v) is 6.85. The molecular weight excluding hydrogens is 224 g/mol. The summed E-state index contributed by atoms with van der Waals surface area (Å²) in [7, 11) is 0. The maximum absolute atomic E-state index is 11.9. The van der Waals surface area contributed by atoms with Crippen LogP contribution in [0.4, 0.5) is 5.69 Å². The summed E-state index contributed by atoms with van der Waals surface area (Å²) in [5, 5.41) is 2.94. The van der Waals surface area contributed by atoms with Gasteiger partial charge in [-0.05, 0) is 43.9 Å². The summed E-state index contributed by atoms with van der Waals surface area (Å²) >= 11 is 0. The summed E-state index contributed by atoms with van der Waals surface area (Å²) in [6.45, 7) is 4.77. The van der Waals surface area contributed by atoms with Gasteiger partial charge in [0, 0.05) is 12.2 Å². The van der Waals surface area contributed by atoms with E-state index in [1.54, 1.807) is 0 Å². The van der Waals surface area contributed by atoms with Crippen LogP contribution in [0.5, 0.6) is 0 Å². The van der Waals surface area contributed by atoms with E-state index in [9.17, 15) is 4.79 Å². The van der Waals surface area contributed by atoms with Crippen molar-refractivity contribution in [2.45, 2.75) is 26.2 Å². The van der Waals surface area contributed by atoms with Gasteiger partial charge in [-0.1, -0.05) is 25.1 Å². The fourth-order valence-corrected chi connectivity index (χ4v) is 2.14. The first-order chi connectivity index (χ1) is 8.78. The molecule has 0 aromatic heterocycles. The Kier molecular flexibility index (Phi) is 4.76. The number of anilines is 1. The highest BCUT2D eigenvalue weighted by Gasteiger charge is 2.24. The van der Waals surface area contributed by atoms with Crippen molar-refractivity contribution in [1.29, 1.82) is 0 Å². The standard InChI is InChI=1S/C15H22N2O/c1-2-10-17(11-13-8-9-13)12-15(18)16-14-6-4-3-5-7-14/h3-7,13H,2,8-12H2,1H3,(H,16,18). The number of carbonyl (C=O) groups excluding carboxylic acids is 1. The van der Waals surface area contributed by atoms with E-state index in [0.29, 0.717) is 6.54 Å². The van der Waals surface area contributed by atoms with Gasteiger partial charge in [-0.3, -0.25) is 9.69 Å². The third kappa shape index (κ3) is 4.49. The highest BCUT2D eigenvalue weighted by atomic mass is 16.2. The van der Waals surface area contributed by atoms with Crippen molar-refractivity contribution >= 4 is 11.6 Å². The first-order valence-electron chi connectivity index (χ1n) is 6.85. The number of nitrogens with zero attached hydrogens (tertiary/aromatic N) is 1. The van der Waals surface area contributed by atoms with Gasteiger partial charge in [0.25, 0.3) is 0 Å². The highest BCUT2D eigenvalue weighted by molar-refractivity contribution is 5.92. The fraction of sp³-hybridized carbons (Fsp3) is 0.533. The monoisotopic (exact) mass is 246 g/mol. The minimum absolute atomic E-state index is 0.0929. The largest absolute Gasteiger partial charge is 0.325 e. The molecule has 0 spiro atoms. The molecule has 1 saturated carbocycles.